The predicted molar refractivity (Wildman–Crippen MR) is 91.2 cm³/mol. The van der Waals surface area contributed by atoms with Crippen molar-refractivity contribution in [2.24, 2.45) is 11.8 Å². The Morgan fingerprint density at radius 2 is 2.16 bits per heavy atom. The van der Waals surface area contributed by atoms with E-state index in [1.54, 1.807) is 4.68 Å². The molecule has 2 aliphatic rings. The Balaban J connectivity index is 1.57. The first-order valence-electron chi connectivity index (χ1n) is 9.15. The Labute approximate surface area is 147 Å². The van der Waals surface area contributed by atoms with Crippen molar-refractivity contribution in [2.75, 3.05) is 19.8 Å². The molecule has 1 atom stereocenters. The highest BCUT2D eigenvalue weighted by Crippen LogP contribution is 2.18. The van der Waals surface area contributed by atoms with Crippen LogP contribution in [0.4, 0.5) is 0 Å². The Kier molecular flexibility index (Phi) is 5.67. The first-order chi connectivity index (χ1) is 12.0. The molecule has 3 rings (SSSR count). The van der Waals surface area contributed by atoms with Crippen molar-refractivity contribution < 1.29 is 14.3 Å². The van der Waals surface area contributed by atoms with E-state index in [0.29, 0.717) is 24.9 Å². The van der Waals surface area contributed by atoms with Gasteiger partial charge in [0.1, 0.15) is 0 Å². The van der Waals surface area contributed by atoms with Crippen molar-refractivity contribution in [3.05, 3.63) is 11.4 Å². The van der Waals surface area contributed by atoms with Gasteiger partial charge in [0.05, 0.1) is 6.54 Å². The van der Waals surface area contributed by atoms with E-state index in [4.69, 9.17) is 4.74 Å². The second kappa shape index (κ2) is 7.95. The molecule has 0 radical (unpaired) electrons. The number of nitrogens with zero attached hydrogens (tertiary/aromatic N) is 3. The van der Waals surface area contributed by atoms with Gasteiger partial charge in [-0.05, 0) is 37.5 Å². The minimum Gasteiger partial charge on any atom is -0.381 e. The van der Waals surface area contributed by atoms with E-state index in [2.05, 4.69) is 34.8 Å². The smallest absolute Gasteiger partial charge is 0.274 e. The van der Waals surface area contributed by atoms with Crippen molar-refractivity contribution >= 4 is 11.8 Å². The average molecular weight is 349 g/mol. The molecule has 3 heterocycles. The fourth-order valence-corrected chi connectivity index (χ4v) is 3.54. The number of carbonyl (C=O) groups is 2. The molecule has 0 aliphatic carbocycles. The summed E-state index contributed by atoms with van der Waals surface area (Å²) in [4.78, 5) is 24.8. The fourth-order valence-electron chi connectivity index (χ4n) is 3.54. The van der Waals surface area contributed by atoms with E-state index in [-0.39, 0.29) is 29.2 Å². The van der Waals surface area contributed by atoms with Crippen LogP contribution in [0.2, 0.25) is 0 Å². The first-order valence-corrected chi connectivity index (χ1v) is 9.15. The molecular weight excluding hydrogens is 322 g/mol. The maximum absolute atomic E-state index is 12.4. The molecule has 25 heavy (non-hydrogen) atoms. The van der Waals surface area contributed by atoms with E-state index in [1.807, 2.05) is 0 Å². The maximum Gasteiger partial charge on any atom is 0.274 e. The van der Waals surface area contributed by atoms with Crippen molar-refractivity contribution in [1.82, 2.24) is 25.6 Å². The zero-order valence-corrected chi connectivity index (χ0v) is 15.0. The molecule has 2 N–H and O–H groups in total. The van der Waals surface area contributed by atoms with Crippen LogP contribution in [-0.4, -0.2) is 52.6 Å². The summed E-state index contributed by atoms with van der Waals surface area (Å²) in [6, 6.07) is 0.0335. The molecule has 2 aliphatic heterocycles. The first kappa shape index (κ1) is 17.8. The van der Waals surface area contributed by atoms with Gasteiger partial charge >= 0.3 is 0 Å². The van der Waals surface area contributed by atoms with Gasteiger partial charge in [-0.3, -0.25) is 9.59 Å². The predicted octanol–water partition coefficient (Wildman–Crippen LogP) is 0.983. The van der Waals surface area contributed by atoms with Crippen LogP contribution in [0, 0.1) is 11.8 Å². The summed E-state index contributed by atoms with van der Waals surface area (Å²) in [5.74, 6) is 0.466. The number of hydrogen-bond donors (Lipinski definition) is 2. The molecule has 1 aromatic rings. The molecule has 1 fully saturated rings. The number of carbonyl (C=O) groups excluding carboxylic acids is 2. The van der Waals surface area contributed by atoms with Gasteiger partial charge in [0.15, 0.2) is 11.4 Å². The third-order valence-corrected chi connectivity index (χ3v) is 4.83. The zero-order valence-electron chi connectivity index (χ0n) is 15.0. The third-order valence-electron chi connectivity index (χ3n) is 4.83. The lowest BCUT2D eigenvalue weighted by molar-refractivity contribution is 0.0635. The van der Waals surface area contributed by atoms with Crippen LogP contribution in [0.5, 0.6) is 0 Å². The van der Waals surface area contributed by atoms with E-state index in [0.717, 1.165) is 38.9 Å². The van der Waals surface area contributed by atoms with Crippen molar-refractivity contribution in [3.63, 3.8) is 0 Å². The highest BCUT2D eigenvalue weighted by Gasteiger charge is 2.32. The Morgan fingerprint density at radius 1 is 1.40 bits per heavy atom. The van der Waals surface area contributed by atoms with Crippen molar-refractivity contribution in [1.29, 1.82) is 0 Å². The second-order valence-electron chi connectivity index (χ2n) is 7.37. The molecule has 0 unspecified atom stereocenters. The minimum atomic E-state index is -0.328. The van der Waals surface area contributed by atoms with Gasteiger partial charge in [-0.1, -0.05) is 19.1 Å². The third kappa shape index (κ3) is 4.36. The van der Waals surface area contributed by atoms with Gasteiger partial charge in [0, 0.05) is 25.8 Å². The van der Waals surface area contributed by atoms with Crippen LogP contribution >= 0.6 is 0 Å². The van der Waals surface area contributed by atoms with Crippen LogP contribution < -0.4 is 10.6 Å². The van der Waals surface area contributed by atoms with E-state index in [9.17, 15) is 9.59 Å². The van der Waals surface area contributed by atoms with Crippen molar-refractivity contribution in [2.45, 2.75) is 52.1 Å². The quantitative estimate of drug-likeness (QED) is 0.798. The lowest BCUT2D eigenvalue weighted by Gasteiger charge is -2.25. The number of amides is 2. The Hall–Kier alpha value is -1.96. The summed E-state index contributed by atoms with van der Waals surface area (Å²) >= 11 is 0. The molecule has 1 aromatic heterocycles. The topological polar surface area (TPSA) is 98.1 Å². The Bertz CT molecular complexity index is 622. The Morgan fingerprint density at radius 3 is 2.88 bits per heavy atom. The number of fused-ring (bicyclic) bond motifs is 1. The van der Waals surface area contributed by atoms with Gasteiger partial charge in [0.25, 0.3) is 11.8 Å². The molecule has 8 heteroatoms. The van der Waals surface area contributed by atoms with E-state index in [1.165, 1.54) is 0 Å². The lowest BCUT2D eigenvalue weighted by Crippen LogP contribution is -2.46. The van der Waals surface area contributed by atoms with Crippen LogP contribution in [0.1, 0.15) is 60.5 Å². The van der Waals surface area contributed by atoms with Crippen LogP contribution in [0.15, 0.2) is 0 Å². The monoisotopic (exact) mass is 349 g/mol. The van der Waals surface area contributed by atoms with Gasteiger partial charge in [-0.2, -0.15) is 0 Å². The van der Waals surface area contributed by atoms with Gasteiger partial charge in [0.2, 0.25) is 0 Å². The standard InChI is InChI=1S/C17H27N5O3/c1-11(2)9-13-10-22-15(17(24)19-13)14(20-21-22)16(23)18-6-3-12-4-7-25-8-5-12/h11-13H,3-10H2,1-2H3,(H,18,23)(H,19,24)/t13-/m0/s1. The highest BCUT2D eigenvalue weighted by molar-refractivity contribution is 6.05. The van der Waals surface area contributed by atoms with Crippen LogP contribution in [0.25, 0.3) is 0 Å². The summed E-state index contributed by atoms with van der Waals surface area (Å²) in [5, 5.41) is 13.8. The number of ether oxygens (including phenoxy) is 1. The van der Waals surface area contributed by atoms with Gasteiger partial charge in [-0.15, -0.1) is 5.10 Å². The fraction of sp³-hybridized carbons (Fsp3) is 0.765. The largest absolute Gasteiger partial charge is 0.381 e. The second-order valence-corrected chi connectivity index (χ2v) is 7.37. The molecule has 1 saturated heterocycles. The SMILES string of the molecule is CC(C)C[C@H]1Cn2nnc(C(=O)NCCC3CCOCC3)c2C(=O)N1. The molecule has 0 aromatic carbocycles. The minimum absolute atomic E-state index is 0.0335. The summed E-state index contributed by atoms with van der Waals surface area (Å²) in [6.45, 7) is 6.96. The average Bonchev–Trinajstić information content (AvgIpc) is 2.99. The number of aromatic nitrogens is 3. The lowest BCUT2D eigenvalue weighted by atomic mass is 9.97. The number of hydrogen-bond acceptors (Lipinski definition) is 5. The van der Waals surface area contributed by atoms with Gasteiger partial charge < -0.3 is 15.4 Å². The highest BCUT2D eigenvalue weighted by atomic mass is 16.5. The molecule has 138 valence electrons. The summed E-state index contributed by atoms with van der Waals surface area (Å²) in [5.41, 5.74) is 0.385. The molecule has 0 bridgehead atoms. The van der Waals surface area contributed by atoms with Gasteiger partial charge in [-0.25, -0.2) is 4.68 Å². The van der Waals surface area contributed by atoms with Crippen LogP contribution in [0.3, 0.4) is 0 Å². The molecule has 2 amide bonds. The molecule has 0 saturated carbocycles. The molecular formula is C17H27N5O3. The number of rotatable bonds is 6. The zero-order chi connectivity index (χ0) is 17.8. The summed E-state index contributed by atoms with van der Waals surface area (Å²) in [7, 11) is 0. The summed E-state index contributed by atoms with van der Waals surface area (Å²) < 4.78 is 6.89. The molecule has 0 spiro atoms. The van der Waals surface area contributed by atoms with Crippen LogP contribution in [-0.2, 0) is 11.3 Å². The normalized spacial score (nSPS) is 21.1. The van der Waals surface area contributed by atoms with E-state index < -0.39 is 0 Å². The molecule has 8 nitrogen and oxygen atoms in total. The number of nitrogens with one attached hydrogen (secondary N) is 2. The summed E-state index contributed by atoms with van der Waals surface area (Å²) in [6.07, 6.45) is 3.87. The van der Waals surface area contributed by atoms with E-state index >= 15 is 0 Å². The maximum atomic E-state index is 12.4. The van der Waals surface area contributed by atoms with Crippen molar-refractivity contribution in [3.8, 4) is 0 Å².